The second-order valence-corrected chi connectivity index (χ2v) is 11.4. The van der Waals surface area contributed by atoms with E-state index in [1.807, 2.05) is 68.4 Å². The van der Waals surface area contributed by atoms with Crippen LogP contribution in [0.2, 0.25) is 0 Å². The summed E-state index contributed by atoms with van der Waals surface area (Å²) in [5.74, 6) is -0.747. The predicted octanol–water partition coefficient (Wildman–Crippen LogP) is 3.72. The summed E-state index contributed by atoms with van der Waals surface area (Å²) in [5.41, 5.74) is 3.97. The zero-order valence-corrected chi connectivity index (χ0v) is 31.4. The molecule has 11 nitrogen and oxygen atoms in total. The van der Waals surface area contributed by atoms with Crippen LogP contribution in [-0.2, 0) is 19.5 Å². The van der Waals surface area contributed by atoms with Gasteiger partial charge in [0.1, 0.15) is 0 Å². The molecule has 0 atom stereocenters. The molecule has 0 N–H and O–H groups in total. The van der Waals surface area contributed by atoms with E-state index in [9.17, 15) is 19.6 Å². The molecule has 0 saturated heterocycles. The Bertz CT molecular complexity index is 1640. The van der Waals surface area contributed by atoms with Crippen LogP contribution in [-0.4, -0.2) is 52.3 Å². The van der Waals surface area contributed by atoms with Crippen LogP contribution in [0.1, 0.15) is 78.2 Å². The highest BCUT2D eigenvalue weighted by Crippen LogP contribution is 2.42. The average molecular weight is 737 g/mol. The quantitative estimate of drug-likeness (QED) is 0.0489. The third-order valence-electron chi connectivity index (χ3n) is 7.90. The van der Waals surface area contributed by atoms with Crippen molar-refractivity contribution in [1.82, 2.24) is 0 Å². The summed E-state index contributed by atoms with van der Waals surface area (Å²) in [6, 6.07) is 41.5. The number of esters is 2. The third kappa shape index (κ3) is 12.8. The van der Waals surface area contributed by atoms with Crippen LogP contribution in [0.25, 0.3) is 0 Å². The van der Waals surface area contributed by atoms with E-state index in [-0.39, 0.29) is 24.0 Å². The number of benzene rings is 3. The largest absolute Gasteiger partial charge is 0.871 e. The molecule has 12 heteroatoms. The highest BCUT2D eigenvalue weighted by Gasteiger charge is 2.35. The Morgan fingerprint density at radius 2 is 0.926 bits per heavy atom. The highest BCUT2D eigenvalue weighted by atomic mass is 16.7. The summed E-state index contributed by atoms with van der Waals surface area (Å²) in [5, 5.41) is 21.4. The molecule has 2 aromatic heterocycles. The second-order valence-electron chi connectivity index (χ2n) is 11.4. The number of carbonyl (C=O) groups is 2. The summed E-state index contributed by atoms with van der Waals surface area (Å²) in [6.45, 7) is 9.13. The summed E-state index contributed by atoms with van der Waals surface area (Å²) >= 11 is 0. The number of rotatable bonds is 16. The van der Waals surface area contributed by atoms with Gasteiger partial charge >= 0.3 is 23.3 Å². The first-order valence-electron chi connectivity index (χ1n) is 18.0. The van der Waals surface area contributed by atoms with Crippen LogP contribution >= 0.6 is 0 Å². The third-order valence-corrected chi connectivity index (χ3v) is 7.90. The molecule has 0 radical (unpaired) electrons. The van der Waals surface area contributed by atoms with Gasteiger partial charge in [0.05, 0.1) is 20.5 Å². The normalized spacial score (nSPS) is 10.4. The van der Waals surface area contributed by atoms with Gasteiger partial charge < -0.3 is 24.2 Å². The number of pyridine rings is 2. The molecular formula is C42H49BN2O9. The minimum Gasteiger partial charge on any atom is -0.871 e. The lowest BCUT2D eigenvalue weighted by atomic mass is 9.67. The van der Waals surface area contributed by atoms with Crippen molar-refractivity contribution in [2.24, 2.45) is 0 Å². The Morgan fingerprint density at radius 3 is 1.26 bits per heavy atom. The molecule has 0 spiro atoms. The van der Waals surface area contributed by atoms with Crippen LogP contribution in [0.5, 0.6) is 0 Å². The Labute approximate surface area is 318 Å². The molecule has 54 heavy (non-hydrogen) atoms. The number of aromatic nitrogens is 2. The summed E-state index contributed by atoms with van der Waals surface area (Å²) < 4.78 is 17.3. The topological polar surface area (TPSA) is 134 Å². The van der Waals surface area contributed by atoms with Crippen LogP contribution in [0, 0.1) is 0 Å². The molecule has 2 heterocycles. The summed E-state index contributed by atoms with van der Waals surface area (Å²) in [4.78, 5) is 33.3. The maximum absolute atomic E-state index is 11.4. The summed E-state index contributed by atoms with van der Waals surface area (Å²) in [7, 11) is -2.23. The molecule has 0 aliphatic rings. The molecule has 3 aromatic carbocycles. The van der Waals surface area contributed by atoms with Crippen molar-refractivity contribution >= 4 is 19.3 Å². The molecule has 0 unspecified atom stereocenters. The minimum absolute atomic E-state index is 0.159. The van der Waals surface area contributed by atoms with E-state index < -0.39 is 7.32 Å². The van der Waals surface area contributed by atoms with Crippen LogP contribution in [0.3, 0.4) is 0 Å². The molecule has 0 aliphatic heterocycles. The lowest BCUT2D eigenvalue weighted by Gasteiger charge is -2.37. The van der Waals surface area contributed by atoms with Gasteiger partial charge in [0, 0.05) is 45.7 Å². The predicted molar refractivity (Wildman–Crippen MR) is 200 cm³/mol. The van der Waals surface area contributed by atoms with E-state index in [2.05, 4.69) is 36.4 Å². The molecule has 284 valence electrons. The number of hydrogen-bond acceptors (Lipinski definition) is 9. The molecule has 0 aliphatic carbocycles. The number of hydrogen-bond donors (Lipinski definition) is 0. The van der Waals surface area contributed by atoms with Gasteiger partial charge in [-0.15, -0.1) is 0 Å². The molecule has 5 rings (SSSR count). The second kappa shape index (κ2) is 23.9. The van der Waals surface area contributed by atoms with Gasteiger partial charge in [0.15, 0.2) is 13.2 Å². The van der Waals surface area contributed by atoms with Gasteiger partial charge in [-0.2, -0.15) is 0 Å². The Kier molecular flexibility index (Phi) is 19.0. The monoisotopic (exact) mass is 736 g/mol. The van der Waals surface area contributed by atoms with E-state index >= 15 is 0 Å². The average Bonchev–Trinajstić information content (AvgIpc) is 3.20. The van der Waals surface area contributed by atoms with Crippen LogP contribution < -0.4 is 29.2 Å². The van der Waals surface area contributed by atoms with Crippen molar-refractivity contribution in [3.05, 3.63) is 168 Å². The SMILES string of the molecule is CCOC(=O)c1cccc[n+]1OCC.CCOC(=O)c1cccc[n+]1OCC.[O-]B([O-])OCCCC(c1ccccc1)(c1ccccc1)c1ccccc1. The van der Waals surface area contributed by atoms with Crippen LogP contribution in [0.15, 0.2) is 140 Å². The van der Waals surface area contributed by atoms with Crippen molar-refractivity contribution in [2.45, 2.75) is 46.0 Å². The van der Waals surface area contributed by atoms with Gasteiger partial charge in [-0.05, 0) is 69.4 Å². The Morgan fingerprint density at radius 1 is 0.556 bits per heavy atom. The molecule has 0 fully saturated rings. The van der Waals surface area contributed by atoms with E-state index in [0.29, 0.717) is 44.2 Å². The highest BCUT2D eigenvalue weighted by molar-refractivity contribution is 6.28. The standard InChI is InChI=1S/C22H21BO3.2C10H14NO3/c24-23(25)26-18-10-17-22(19-11-4-1-5-12-19,20-13-6-2-7-14-20)21-15-8-3-9-16-21;2*1-3-13-10(12)9-7-5-6-8-11(9)14-4-2/h1-9,11-16H,10,17-18H2;2*5-8H,3-4H2,1-2H3/q-2;2*+1. The Hall–Kier alpha value is -5.56. The van der Waals surface area contributed by atoms with Crippen molar-refractivity contribution in [1.29, 1.82) is 0 Å². The zero-order chi connectivity index (χ0) is 39.0. The fourth-order valence-electron chi connectivity index (χ4n) is 5.70. The van der Waals surface area contributed by atoms with Crippen molar-refractivity contribution in [3.8, 4) is 0 Å². The van der Waals surface area contributed by atoms with Crippen molar-refractivity contribution in [3.63, 3.8) is 0 Å². The van der Waals surface area contributed by atoms with E-state index in [1.165, 1.54) is 26.2 Å². The van der Waals surface area contributed by atoms with Gasteiger partial charge in [0.25, 0.3) is 0 Å². The smallest absolute Gasteiger partial charge is 0.408 e. The van der Waals surface area contributed by atoms with Gasteiger partial charge in [0.2, 0.25) is 12.4 Å². The Balaban J connectivity index is 0.000000238. The molecule has 0 amide bonds. The number of nitrogens with zero attached hydrogens (tertiary/aromatic N) is 2. The minimum atomic E-state index is -2.23. The molecule has 0 saturated carbocycles. The lowest BCUT2D eigenvalue weighted by Crippen LogP contribution is -2.48. The van der Waals surface area contributed by atoms with E-state index in [4.69, 9.17) is 23.8 Å². The first-order valence-corrected chi connectivity index (χ1v) is 18.0. The fraction of sp³-hybridized carbons (Fsp3) is 0.286. The first-order chi connectivity index (χ1) is 26.3. The maximum Gasteiger partial charge on any atom is 0.408 e. The van der Waals surface area contributed by atoms with Crippen LogP contribution in [0.4, 0.5) is 0 Å². The molecular weight excluding hydrogens is 687 g/mol. The van der Waals surface area contributed by atoms with Crippen molar-refractivity contribution in [2.75, 3.05) is 33.0 Å². The summed E-state index contributed by atoms with van der Waals surface area (Å²) in [6.07, 6.45) is 4.70. The molecule has 0 bridgehead atoms. The fourth-order valence-corrected chi connectivity index (χ4v) is 5.70. The van der Waals surface area contributed by atoms with E-state index in [1.54, 1.807) is 62.6 Å². The van der Waals surface area contributed by atoms with Gasteiger partial charge in [-0.1, -0.05) is 91.0 Å². The molecule has 5 aromatic rings. The lowest BCUT2D eigenvalue weighted by molar-refractivity contribution is -0.892. The number of ether oxygens (including phenoxy) is 2. The van der Waals surface area contributed by atoms with Crippen molar-refractivity contribution < 1.29 is 52.9 Å². The van der Waals surface area contributed by atoms with Gasteiger partial charge in [-0.25, -0.2) is 9.59 Å². The first kappa shape index (κ1) is 42.9. The number of carbonyl (C=O) groups excluding carboxylic acids is 2. The maximum atomic E-state index is 11.4. The van der Waals surface area contributed by atoms with Gasteiger partial charge in [-0.3, -0.25) is 9.68 Å². The zero-order valence-electron chi connectivity index (χ0n) is 31.4. The van der Waals surface area contributed by atoms with E-state index in [0.717, 1.165) is 6.42 Å².